The minimum Gasteiger partial charge on any atom is -0.481 e. The van der Waals surface area contributed by atoms with Crippen LogP contribution in [0.4, 0.5) is 0 Å². The van der Waals surface area contributed by atoms with Crippen LogP contribution in [-0.2, 0) is 20.9 Å². The molecule has 1 saturated heterocycles. The average molecular weight is 316 g/mol. The Morgan fingerprint density at radius 2 is 2.13 bits per heavy atom. The van der Waals surface area contributed by atoms with Gasteiger partial charge < -0.3 is 19.3 Å². The van der Waals surface area contributed by atoms with Gasteiger partial charge in [0, 0.05) is 24.3 Å². The topological polar surface area (TPSA) is 71.8 Å². The molecule has 6 heteroatoms. The molecular formula is C17H20N2O4. The zero-order valence-corrected chi connectivity index (χ0v) is 13.1. The third-order valence-electron chi connectivity index (χ3n) is 4.20. The monoisotopic (exact) mass is 316 g/mol. The summed E-state index contributed by atoms with van der Waals surface area (Å²) < 4.78 is 7.42. The third-order valence-corrected chi connectivity index (χ3v) is 4.20. The molecule has 2 heterocycles. The van der Waals surface area contributed by atoms with Crippen LogP contribution in [0.25, 0.3) is 10.9 Å². The van der Waals surface area contributed by atoms with Gasteiger partial charge in [-0.05, 0) is 24.4 Å². The molecule has 1 amide bonds. The molecule has 0 saturated carbocycles. The van der Waals surface area contributed by atoms with Gasteiger partial charge >= 0.3 is 5.97 Å². The van der Waals surface area contributed by atoms with Gasteiger partial charge in [-0.1, -0.05) is 18.2 Å². The maximum absolute atomic E-state index is 12.6. The number of hydrogen-bond acceptors (Lipinski definition) is 3. The summed E-state index contributed by atoms with van der Waals surface area (Å²) >= 11 is 0. The number of para-hydroxylation sites is 1. The van der Waals surface area contributed by atoms with E-state index in [2.05, 4.69) is 6.07 Å². The fourth-order valence-corrected chi connectivity index (χ4v) is 3.06. The summed E-state index contributed by atoms with van der Waals surface area (Å²) in [6, 6.07) is 10.0. The number of ether oxygens (including phenoxy) is 1. The number of carboxylic acids is 1. The van der Waals surface area contributed by atoms with E-state index in [1.54, 1.807) is 4.90 Å². The van der Waals surface area contributed by atoms with Crippen molar-refractivity contribution >= 4 is 22.8 Å². The van der Waals surface area contributed by atoms with Crippen LogP contribution in [0.5, 0.6) is 0 Å². The van der Waals surface area contributed by atoms with E-state index < -0.39 is 12.1 Å². The summed E-state index contributed by atoms with van der Waals surface area (Å²) in [5, 5.41) is 9.98. The number of amides is 1. The number of carbonyl (C=O) groups excluding carboxylic acids is 1. The van der Waals surface area contributed by atoms with Gasteiger partial charge in [0.15, 0.2) is 0 Å². The summed E-state index contributed by atoms with van der Waals surface area (Å²) in [5.74, 6) is -0.912. The minimum atomic E-state index is -0.906. The maximum atomic E-state index is 12.6. The van der Waals surface area contributed by atoms with Crippen molar-refractivity contribution in [1.29, 1.82) is 0 Å². The molecule has 1 atom stereocenters. The molecule has 1 aliphatic heterocycles. The Balaban J connectivity index is 1.73. The van der Waals surface area contributed by atoms with Crippen LogP contribution >= 0.6 is 0 Å². The molecule has 0 radical (unpaired) electrons. The summed E-state index contributed by atoms with van der Waals surface area (Å²) in [4.78, 5) is 25.1. The lowest BCUT2D eigenvalue weighted by molar-refractivity contribution is -0.148. The van der Waals surface area contributed by atoms with Gasteiger partial charge in [-0.25, -0.2) is 0 Å². The number of aliphatic carboxylic acids is 1. The van der Waals surface area contributed by atoms with Crippen molar-refractivity contribution in [3.63, 3.8) is 0 Å². The fourth-order valence-electron chi connectivity index (χ4n) is 3.06. The lowest BCUT2D eigenvalue weighted by Crippen LogP contribution is -2.47. The standard InChI is InChI=1S/C17H20N2O4/c1-12-8-13-4-2-3-5-15(13)19(12)11-16(20)18-6-7-23-14(10-18)9-17(21)22/h2-5,8,14H,6-7,9-11H2,1H3,(H,21,22)/t14-/m1/s1. The van der Waals surface area contributed by atoms with Crippen LogP contribution in [0, 0.1) is 6.92 Å². The Bertz CT molecular complexity index is 737. The third kappa shape index (κ3) is 3.37. The van der Waals surface area contributed by atoms with Crippen molar-refractivity contribution in [2.75, 3.05) is 19.7 Å². The van der Waals surface area contributed by atoms with E-state index in [-0.39, 0.29) is 18.9 Å². The molecule has 1 aromatic carbocycles. The molecular weight excluding hydrogens is 296 g/mol. The summed E-state index contributed by atoms with van der Waals surface area (Å²) in [7, 11) is 0. The fraction of sp³-hybridized carbons (Fsp3) is 0.412. The van der Waals surface area contributed by atoms with Crippen molar-refractivity contribution < 1.29 is 19.4 Å². The molecule has 1 aromatic heterocycles. The number of morpholine rings is 1. The van der Waals surface area contributed by atoms with Crippen molar-refractivity contribution in [2.45, 2.75) is 26.0 Å². The van der Waals surface area contributed by atoms with Crippen molar-refractivity contribution in [3.8, 4) is 0 Å². The first kappa shape index (κ1) is 15.6. The molecule has 122 valence electrons. The number of rotatable bonds is 4. The first-order valence-electron chi connectivity index (χ1n) is 7.70. The smallest absolute Gasteiger partial charge is 0.306 e. The average Bonchev–Trinajstić information content (AvgIpc) is 2.83. The summed E-state index contributed by atoms with van der Waals surface area (Å²) in [5.41, 5.74) is 2.07. The second-order valence-corrected chi connectivity index (χ2v) is 5.86. The quantitative estimate of drug-likeness (QED) is 0.931. The van der Waals surface area contributed by atoms with Gasteiger partial charge in [-0.15, -0.1) is 0 Å². The summed E-state index contributed by atoms with van der Waals surface area (Å²) in [6.45, 7) is 3.48. The molecule has 0 bridgehead atoms. The second-order valence-electron chi connectivity index (χ2n) is 5.86. The highest BCUT2D eigenvalue weighted by atomic mass is 16.5. The van der Waals surface area contributed by atoms with Crippen molar-refractivity contribution in [3.05, 3.63) is 36.0 Å². The van der Waals surface area contributed by atoms with E-state index in [0.29, 0.717) is 19.7 Å². The van der Waals surface area contributed by atoms with Gasteiger partial charge in [-0.2, -0.15) is 0 Å². The highest BCUT2D eigenvalue weighted by Gasteiger charge is 2.26. The molecule has 6 nitrogen and oxygen atoms in total. The lowest BCUT2D eigenvalue weighted by Gasteiger charge is -2.32. The summed E-state index contributed by atoms with van der Waals surface area (Å²) in [6.07, 6.45) is -0.498. The SMILES string of the molecule is Cc1cc2ccccc2n1CC(=O)N1CCO[C@H](CC(=O)O)C1. The predicted molar refractivity (Wildman–Crippen MR) is 85.2 cm³/mol. The zero-order chi connectivity index (χ0) is 16.4. The number of carbonyl (C=O) groups is 2. The van der Waals surface area contributed by atoms with E-state index in [4.69, 9.17) is 9.84 Å². The molecule has 0 aliphatic carbocycles. The molecule has 3 rings (SSSR count). The first-order chi connectivity index (χ1) is 11.0. The first-order valence-corrected chi connectivity index (χ1v) is 7.70. The molecule has 23 heavy (non-hydrogen) atoms. The highest BCUT2D eigenvalue weighted by molar-refractivity contribution is 5.84. The normalized spacial score (nSPS) is 18.3. The number of benzene rings is 1. The number of carboxylic acid groups (broad SMARTS) is 1. The number of aromatic nitrogens is 1. The Labute approximate surface area is 134 Å². The number of fused-ring (bicyclic) bond motifs is 1. The molecule has 1 aliphatic rings. The Hall–Kier alpha value is -2.34. The van der Waals surface area contributed by atoms with E-state index in [1.807, 2.05) is 35.8 Å². The van der Waals surface area contributed by atoms with Gasteiger partial charge in [0.25, 0.3) is 0 Å². The molecule has 1 N–H and O–H groups in total. The van der Waals surface area contributed by atoms with E-state index in [9.17, 15) is 9.59 Å². The maximum Gasteiger partial charge on any atom is 0.306 e. The highest BCUT2D eigenvalue weighted by Crippen LogP contribution is 2.19. The number of nitrogens with zero attached hydrogens (tertiary/aromatic N) is 2. The number of aryl methyl sites for hydroxylation is 1. The van der Waals surface area contributed by atoms with Crippen LogP contribution in [0.3, 0.4) is 0 Å². The number of hydrogen-bond donors (Lipinski definition) is 1. The zero-order valence-electron chi connectivity index (χ0n) is 13.1. The van der Waals surface area contributed by atoms with Gasteiger partial charge in [-0.3, -0.25) is 9.59 Å². The Morgan fingerprint density at radius 3 is 2.91 bits per heavy atom. The van der Waals surface area contributed by atoms with Crippen LogP contribution in [0.1, 0.15) is 12.1 Å². The van der Waals surface area contributed by atoms with Crippen LogP contribution in [0.2, 0.25) is 0 Å². The molecule has 0 unspecified atom stereocenters. The Kier molecular flexibility index (Phi) is 4.34. The Morgan fingerprint density at radius 1 is 1.35 bits per heavy atom. The molecule has 0 spiro atoms. The van der Waals surface area contributed by atoms with Gasteiger partial charge in [0.2, 0.25) is 5.91 Å². The van der Waals surface area contributed by atoms with Crippen molar-refractivity contribution in [1.82, 2.24) is 9.47 Å². The van der Waals surface area contributed by atoms with E-state index in [0.717, 1.165) is 16.6 Å². The van der Waals surface area contributed by atoms with Crippen LogP contribution < -0.4 is 0 Å². The van der Waals surface area contributed by atoms with Crippen LogP contribution in [0.15, 0.2) is 30.3 Å². The van der Waals surface area contributed by atoms with E-state index >= 15 is 0 Å². The van der Waals surface area contributed by atoms with Crippen molar-refractivity contribution in [2.24, 2.45) is 0 Å². The predicted octanol–water partition coefficient (Wildman–Crippen LogP) is 1.65. The molecule has 1 fully saturated rings. The van der Waals surface area contributed by atoms with Gasteiger partial charge in [0.05, 0.1) is 19.1 Å². The second kappa shape index (κ2) is 6.42. The molecule has 2 aromatic rings. The minimum absolute atomic E-state index is 0.00635. The lowest BCUT2D eigenvalue weighted by atomic mass is 10.2. The van der Waals surface area contributed by atoms with E-state index in [1.165, 1.54) is 0 Å². The van der Waals surface area contributed by atoms with Gasteiger partial charge in [0.1, 0.15) is 6.54 Å². The largest absolute Gasteiger partial charge is 0.481 e. The van der Waals surface area contributed by atoms with Crippen LogP contribution in [-0.4, -0.2) is 52.3 Å².